The van der Waals surface area contributed by atoms with Crippen molar-refractivity contribution >= 4 is 0 Å². The predicted molar refractivity (Wildman–Crippen MR) is 95.4 cm³/mol. The topological polar surface area (TPSA) is 45.1 Å². The number of hydrogen-bond donors (Lipinski definition) is 2. The van der Waals surface area contributed by atoms with Crippen molar-refractivity contribution in [1.29, 1.82) is 0 Å². The number of nitrogens with one attached hydrogen (secondary N) is 1. The van der Waals surface area contributed by atoms with Gasteiger partial charge in [-0.1, -0.05) is 51.1 Å². The molecule has 0 amide bonds. The molecule has 0 fully saturated rings. The normalized spacial score (nSPS) is 13.0. The summed E-state index contributed by atoms with van der Waals surface area (Å²) in [4.78, 5) is 4.33. The summed E-state index contributed by atoms with van der Waals surface area (Å²) in [6.07, 6.45) is 2.60. The van der Waals surface area contributed by atoms with Gasteiger partial charge in [0.25, 0.3) is 0 Å². The maximum Gasteiger partial charge on any atom is 0.0475 e. The second kappa shape index (κ2) is 8.23. The summed E-state index contributed by atoms with van der Waals surface area (Å²) in [6.45, 7) is 8.46. The smallest absolute Gasteiger partial charge is 0.0475 e. The Morgan fingerprint density at radius 1 is 1.09 bits per heavy atom. The van der Waals surface area contributed by atoms with E-state index in [0.717, 1.165) is 25.2 Å². The minimum Gasteiger partial charge on any atom is -0.396 e. The van der Waals surface area contributed by atoms with Crippen LogP contribution in [0.15, 0.2) is 48.7 Å². The van der Waals surface area contributed by atoms with E-state index in [-0.39, 0.29) is 17.9 Å². The highest BCUT2D eigenvalue weighted by Gasteiger charge is 2.13. The van der Waals surface area contributed by atoms with Crippen LogP contribution in [0.1, 0.15) is 37.6 Å². The first-order valence-corrected chi connectivity index (χ1v) is 8.30. The van der Waals surface area contributed by atoms with E-state index in [1.165, 1.54) is 11.1 Å². The first-order chi connectivity index (χ1) is 11.0. The lowest BCUT2D eigenvalue weighted by molar-refractivity contribution is 0.220. The van der Waals surface area contributed by atoms with Crippen LogP contribution < -0.4 is 5.32 Å². The Kier molecular flexibility index (Phi) is 6.31. The highest BCUT2D eigenvalue weighted by atomic mass is 16.3. The van der Waals surface area contributed by atoms with E-state index in [0.29, 0.717) is 0 Å². The quantitative estimate of drug-likeness (QED) is 0.824. The lowest BCUT2D eigenvalue weighted by Crippen LogP contribution is -2.26. The minimum absolute atomic E-state index is 0.173. The van der Waals surface area contributed by atoms with Gasteiger partial charge in [-0.25, -0.2) is 0 Å². The van der Waals surface area contributed by atoms with E-state index in [4.69, 9.17) is 0 Å². The Hall–Kier alpha value is -1.71. The van der Waals surface area contributed by atoms with Crippen LogP contribution >= 0.6 is 0 Å². The Labute approximate surface area is 139 Å². The number of pyridine rings is 1. The van der Waals surface area contributed by atoms with Crippen LogP contribution in [-0.4, -0.2) is 23.2 Å². The van der Waals surface area contributed by atoms with Crippen LogP contribution in [0.25, 0.3) is 0 Å². The molecule has 3 nitrogen and oxygen atoms in total. The van der Waals surface area contributed by atoms with Gasteiger partial charge in [0.2, 0.25) is 0 Å². The van der Waals surface area contributed by atoms with Crippen LogP contribution in [0.2, 0.25) is 0 Å². The molecule has 0 saturated carbocycles. The van der Waals surface area contributed by atoms with Gasteiger partial charge in [0.15, 0.2) is 0 Å². The van der Waals surface area contributed by atoms with Gasteiger partial charge < -0.3 is 10.4 Å². The Balaban J connectivity index is 1.81. The molecule has 23 heavy (non-hydrogen) atoms. The first-order valence-electron chi connectivity index (χ1n) is 8.30. The molecule has 0 bridgehead atoms. The number of aliphatic hydroxyl groups excluding tert-OH is 1. The lowest BCUT2D eigenvalue weighted by Gasteiger charge is -2.19. The number of aromatic nitrogens is 1. The Bertz CT molecular complexity index is 573. The van der Waals surface area contributed by atoms with Crippen molar-refractivity contribution in [3.63, 3.8) is 0 Å². The van der Waals surface area contributed by atoms with Crippen molar-refractivity contribution in [2.75, 3.05) is 13.2 Å². The Morgan fingerprint density at radius 2 is 1.83 bits per heavy atom. The van der Waals surface area contributed by atoms with Crippen molar-refractivity contribution in [1.82, 2.24) is 10.3 Å². The van der Waals surface area contributed by atoms with Gasteiger partial charge in [-0.15, -0.1) is 0 Å². The fourth-order valence-corrected chi connectivity index (χ4v) is 2.56. The van der Waals surface area contributed by atoms with Crippen molar-refractivity contribution in [3.05, 3.63) is 65.5 Å². The van der Waals surface area contributed by atoms with Crippen molar-refractivity contribution in [2.45, 2.75) is 39.2 Å². The fraction of sp³-hybridized carbons (Fsp3) is 0.450. The number of benzene rings is 1. The average molecular weight is 312 g/mol. The summed E-state index contributed by atoms with van der Waals surface area (Å²) >= 11 is 0. The average Bonchev–Trinajstić information content (AvgIpc) is 2.54. The molecule has 2 aromatic rings. The Morgan fingerprint density at radius 3 is 2.39 bits per heavy atom. The van der Waals surface area contributed by atoms with Crippen LogP contribution in [0, 0.1) is 5.92 Å². The summed E-state index contributed by atoms with van der Waals surface area (Å²) < 4.78 is 0. The number of rotatable bonds is 7. The van der Waals surface area contributed by atoms with Crippen molar-refractivity contribution < 1.29 is 5.11 Å². The SMILES string of the molecule is CC(C)(C)c1ccc(CNCC(CO)Cc2ccccn2)cc1. The second-order valence-electron chi connectivity index (χ2n) is 7.15. The zero-order valence-corrected chi connectivity index (χ0v) is 14.4. The maximum absolute atomic E-state index is 9.54. The van der Waals surface area contributed by atoms with Gasteiger partial charge in [-0.2, -0.15) is 0 Å². The largest absolute Gasteiger partial charge is 0.396 e. The van der Waals surface area contributed by atoms with Crippen LogP contribution in [0.3, 0.4) is 0 Å². The standard InChI is InChI=1S/C20H28N2O/c1-20(2,3)18-9-7-16(8-10-18)13-21-14-17(15-23)12-19-6-4-5-11-22-19/h4-11,17,21,23H,12-15H2,1-3H3. The molecule has 1 heterocycles. The molecule has 1 atom stereocenters. The molecule has 3 heteroatoms. The molecule has 0 aliphatic carbocycles. The molecular weight excluding hydrogens is 284 g/mol. The zero-order chi connectivity index (χ0) is 16.7. The van der Waals surface area contributed by atoms with Gasteiger partial charge in [-0.3, -0.25) is 4.98 Å². The maximum atomic E-state index is 9.54. The highest BCUT2D eigenvalue weighted by molar-refractivity contribution is 5.27. The minimum atomic E-state index is 0.173. The predicted octanol–water partition coefficient (Wildman–Crippen LogP) is 3.32. The number of aliphatic hydroxyl groups is 1. The molecule has 124 valence electrons. The van der Waals surface area contributed by atoms with E-state index >= 15 is 0 Å². The summed E-state index contributed by atoms with van der Waals surface area (Å²) in [5, 5.41) is 13.0. The molecule has 1 aromatic carbocycles. The molecule has 0 aliphatic rings. The third-order valence-corrected chi connectivity index (χ3v) is 4.06. The van der Waals surface area contributed by atoms with Crippen LogP contribution in [0.5, 0.6) is 0 Å². The van der Waals surface area contributed by atoms with Crippen molar-refractivity contribution in [2.24, 2.45) is 5.92 Å². The number of nitrogens with zero attached hydrogens (tertiary/aromatic N) is 1. The molecule has 1 aromatic heterocycles. The second-order valence-corrected chi connectivity index (χ2v) is 7.15. The summed E-state index contributed by atoms with van der Waals surface area (Å²) in [6, 6.07) is 14.7. The molecule has 2 N–H and O–H groups in total. The summed E-state index contributed by atoms with van der Waals surface area (Å²) in [5.41, 5.74) is 3.84. The summed E-state index contributed by atoms with van der Waals surface area (Å²) in [7, 11) is 0. The first kappa shape index (κ1) is 17.6. The van der Waals surface area contributed by atoms with E-state index < -0.39 is 0 Å². The molecule has 2 rings (SSSR count). The van der Waals surface area contributed by atoms with Gasteiger partial charge >= 0.3 is 0 Å². The monoisotopic (exact) mass is 312 g/mol. The van der Waals surface area contributed by atoms with E-state index in [2.05, 4.69) is 55.3 Å². The third-order valence-electron chi connectivity index (χ3n) is 4.06. The van der Waals surface area contributed by atoms with Gasteiger partial charge in [0.05, 0.1) is 0 Å². The fourth-order valence-electron chi connectivity index (χ4n) is 2.56. The third kappa shape index (κ3) is 5.77. The summed E-state index contributed by atoms with van der Waals surface area (Å²) in [5.74, 6) is 0.193. The molecule has 0 aliphatic heterocycles. The molecule has 0 radical (unpaired) electrons. The van der Waals surface area contributed by atoms with Gasteiger partial charge in [0, 0.05) is 31.6 Å². The van der Waals surface area contributed by atoms with E-state index in [1.54, 1.807) is 6.20 Å². The van der Waals surface area contributed by atoms with Gasteiger partial charge in [-0.05, 0) is 41.0 Å². The van der Waals surface area contributed by atoms with Gasteiger partial charge in [0.1, 0.15) is 0 Å². The van der Waals surface area contributed by atoms with Crippen molar-refractivity contribution in [3.8, 4) is 0 Å². The number of hydrogen-bond acceptors (Lipinski definition) is 3. The van der Waals surface area contributed by atoms with Crippen LogP contribution in [0.4, 0.5) is 0 Å². The molecule has 0 spiro atoms. The molecular formula is C20H28N2O. The van der Waals surface area contributed by atoms with Crippen LogP contribution in [-0.2, 0) is 18.4 Å². The molecule has 1 unspecified atom stereocenters. The lowest BCUT2D eigenvalue weighted by atomic mass is 9.87. The van der Waals surface area contributed by atoms with E-state index in [9.17, 15) is 5.11 Å². The zero-order valence-electron chi connectivity index (χ0n) is 14.4. The molecule has 0 saturated heterocycles. The van der Waals surface area contributed by atoms with E-state index in [1.807, 2.05) is 18.2 Å². The highest BCUT2D eigenvalue weighted by Crippen LogP contribution is 2.22.